The predicted octanol–water partition coefficient (Wildman–Crippen LogP) is 3.17. The average Bonchev–Trinajstić information content (AvgIpc) is 2.31. The zero-order valence-electron chi connectivity index (χ0n) is 11.6. The SMILES string of the molecule is CNCc1cccc(F)c1N1CCC(C)(C)CC1. The van der Waals surface area contributed by atoms with Crippen LogP contribution < -0.4 is 10.2 Å². The van der Waals surface area contributed by atoms with E-state index in [-0.39, 0.29) is 5.82 Å². The molecule has 2 rings (SSSR count). The molecule has 0 aliphatic carbocycles. The lowest BCUT2D eigenvalue weighted by Gasteiger charge is -2.39. The normalized spacial score (nSPS) is 19.0. The second kappa shape index (κ2) is 5.27. The van der Waals surface area contributed by atoms with Gasteiger partial charge in [0.05, 0.1) is 5.69 Å². The number of anilines is 1. The molecule has 0 radical (unpaired) electrons. The number of rotatable bonds is 3. The molecular weight excluding hydrogens is 227 g/mol. The van der Waals surface area contributed by atoms with E-state index in [0.29, 0.717) is 12.0 Å². The molecule has 0 saturated carbocycles. The van der Waals surface area contributed by atoms with Crippen LogP contribution in [0.4, 0.5) is 10.1 Å². The number of halogens is 1. The minimum Gasteiger partial charge on any atom is -0.369 e. The summed E-state index contributed by atoms with van der Waals surface area (Å²) in [6.45, 7) is 7.20. The van der Waals surface area contributed by atoms with E-state index in [9.17, 15) is 4.39 Å². The van der Waals surface area contributed by atoms with E-state index in [4.69, 9.17) is 0 Å². The van der Waals surface area contributed by atoms with Crippen LogP contribution in [-0.4, -0.2) is 20.1 Å². The molecule has 1 fully saturated rings. The largest absolute Gasteiger partial charge is 0.369 e. The standard InChI is InChI=1S/C15H23FN2/c1-15(2)7-9-18(10-8-15)14-12(11-17-3)5-4-6-13(14)16/h4-6,17H,7-11H2,1-3H3. The number of hydrogen-bond acceptors (Lipinski definition) is 2. The molecule has 18 heavy (non-hydrogen) atoms. The van der Waals surface area contributed by atoms with Crippen LogP contribution in [0.15, 0.2) is 18.2 Å². The van der Waals surface area contributed by atoms with Gasteiger partial charge in [-0.05, 0) is 36.9 Å². The molecule has 2 nitrogen and oxygen atoms in total. The highest BCUT2D eigenvalue weighted by Gasteiger charge is 2.27. The van der Waals surface area contributed by atoms with E-state index >= 15 is 0 Å². The van der Waals surface area contributed by atoms with Crippen molar-refractivity contribution in [2.75, 3.05) is 25.0 Å². The van der Waals surface area contributed by atoms with E-state index in [1.54, 1.807) is 12.1 Å². The molecular formula is C15H23FN2. The van der Waals surface area contributed by atoms with Gasteiger partial charge in [0.2, 0.25) is 0 Å². The van der Waals surface area contributed by atoms with Crippen molar-refractivity contribution in [3.63, 3.8) is 0 Å². The summed E-state index contributed by atoms with van der Waals surface area (Å²) in [5.74, 6) is -0.0949. The molecule has 0 atom stereocenters. The van der Waals surface area contributed by atoms with Crippen molar-refractivity contribution < 1.29 is 4.39 Å². The van der Waals surface area contributed by atoms with Crippen LogP contribution in [0.1, 0.15) is 32.3 Å². The molecule has 3 heteroatoms. The highest BCUT2D eigenvalue weighted by atomic mass is 19.1. The summed E-state index contributed by atoms with van der Waals surface area (Å²) in [6, 6.07) is 5.36. The highest BCUT2D eigenvalue weighted by Crippen LogP contribution is 2.34. The Kier molecular flexibility index (Phi) is 3.91. The van der Waals surface area contributed by atoms with Gasteiger partial charge in [-0.25, -0.2) is 4.39 Å². The smallest absolute Gasteiger partial charge is 0.146 e. The summed E-state index contributed by atoms with van der Waals surface area (Å²) >= 11 is 0. The van der Waals surface area contributed by atoms with Crippen LogP contribution >= 0.6 is 0 Å². The number of nitrogens with one attached hydrogen (secondary N) is 1. The fourth-order valence-electron chi connectivity index (χ4n) is 2.58. The monoisotopic (exact) mass is 250 g/mol. The lowest BCUT2D eigenvalue weighted by Crippen LogP contribution is -2.38. The van der Waals surface area contributed by atoms with Crippen molar-refractivity contribution in [3.8, 4) is 0 Å². The van der Waals surface area contributed by atoms with Gasteiger partial charge in [-0.2, -0.15) is 0 Å². The highest BCUT2D eigenvalue weighted by molar-refractivity contribution is 5.55. The fraction of sp³-hybridized carbons (Fsp3) is 0.600. The second-order valence-electron chi connectivity index (χ2n) is 5.93. The molecule has 1 saturated heterocycles. The van der Waals surface area contributed by atoms with Gasteiger partial charge in [0.1, 0.15) is 5.82 Å². The Bertz CT molecular complexity index is 405. The summed E-state index contributed by atoms with van der Waals surface area (Å²) in [5.41, 5.74) is 2.24. The third-order valence-corrected chi connectivity index (χ3v) is 3.87. The Morgan fingerprint density at radius 2 is 1.94 bits per heavy atom. The molecule has 1 aromatic rings. The molecule has 0 unspecified atom stereocenters. The van der Waals surface area contributed by atoms with Crippen molar-refractivity contribution >= 4 is 5.69 Å². The van der Waals surface area contributed by atoms with Crippen LogP contribution in [0.3, 0.4) is 0 Å². The second-order valence-corrected chi connectivity index (χ2v) is 5.93. The van der Waals surface area contributed by atoms with E-state index < -0.39 is 0 Å². The Hall–Kier alpha value is -1.09. The van der Waals surface area contributed by atoms with Crippen LogP contribution in [0.5, 0.6) is 0 Å². The Labute approximate surface area is 109 Å². The van der Waals surface area contributed by atoms with Crippen LogP contribution in [0, 0.1) is 11.2 Å². The maximum atomic E-state index is 14.1. The minimum absolute atomic E-state index is 0.0949. The molecule has 0 bridgehead atoms. The van der Waals surface area contributed by atoms with Crippen molar-refractivity contribution in [1.29, 1.82) is 0 Å². The first-order valence-electron chi connectivity index (χ1n) is 6.70. The van der Waals surface area contributed by atoms with E-state index in [1.807, 2.05) is 13.1 Å². The fourth-order valence-corrected chi connectivity index (χ4v) is 2.58. The number of benzene rings is 1. The van der Waals surface area contributed by atoms with E-state index in [0.717, 1.165) is 37.2 Å². The molecule has 1 heterocycles. The first-order chi connectivity index (χ1) is 8.53. The van der Waals surface area contributed by atoms with Gasteiger partial charge in [0.15, 0.2) is 0 Å². The minimum atomic E-state index is -0.0949. The summed E-state index contributed by atoms with van der Waals surface area (Å²) in [4.78, 5) is 2.20. The number of nitrogens with zero attached hydrogens (tertiary/aromatic N) is 1. The van der Waals surface area contributed by atoms with Gasteiger partial charge in [0.25, 0.3) is 0 Å². The number of piperidine rings is 1. The maximum Gasteiger partial charge on any atom is 0.146 e. The van der Waals surface area contributed by atoms with Gasteiger partial charge >= 0.3 is 0 Å². The zero-order chi connectivity index (χ0) is 13.2. The van der Waals surface area contributed by atoms with Crippen molar-refractivity contribution in [2.45, 2.75) is 33.2 Å². The topological polar surface area (TPSA) is 15.3 Å². The van der Waals surface area contributed by atoms with Gasteiger partial charge in [0, 0.05) is 19.6 Å². The first-order valence-corrected chi connectivity index (χ1v) is 6.70. The molecule has 0 spiro atoms. The zero-order valence-corrected chi connectivity index (χ0v) is 11.6. The Morgan fingerprint density at radius 1 is 1.28 bits per heavy atom. The van der Waals surface area contributed by atoms with Crippen molar-refractivity contribution in [1.82, 2.24) is 5.32 Å². The summed E-state index contributed by atoms with van der Waals surface area (Å²) in [7, 11) is 1.90. The molecule has 0 amide bonds. The van der Waals surface area contributed by atoms with E-state index in [2.05, 4.69) is 24.1 Å². The summed E-state index contributed by atoms with van der Waals surface area (Å²) < 4.78 is 14.1. The van der Waals surface area contributed by atoms with E-state index in [1.165, 1.54) is 0 Å². The number of para-hydroxylation sites is 1. The third-order valence-electron chi connectivity index (χ3n) is 3.87. The Balaban J connectivity index is 2.22. The van der Waals surface area contributed by atoms with Gasteiger partial charge in [-0.3, -0.25) is 0 Å². The Morgan fingerprint density at radius 3 is 2.56 bits per heavy atom. The van der Waals surface area contributed by atoms with Crippen LogP contribution in [0.25, 0.3) is 0 Å². The molecule has 0 aromatic heterocycles. The lowest BCUT2D eigenvalue weighted by molar-refractivity contribution is 0.278. The molecule has 1 aromatic carbocycles. The van der Waals surface area contributed by atoms with Gasteiger partial charge in [-0.15, -0.1) is 0 Å². The quantitative estimate of drug-likeness (QED) is 0.886. The molecule has 1 N–H and O–H groups in total. The predicted molar refractivity (Wildman–Crippen MR) is 74.4 cm³/mol. The third kappa shape index (κ3) is 2.83. The average molecular weight is 250 g/mol. The maximum absolute atomic E-state index is 14.1. The lowest BCUT2D eigenvalue weighted by atomic mass is 9.82. The van der Waals surface area contributed by atoms with Crippen molar-refractivity contribution in [3.05, 3.63) is 29.6 Å². The van der Waals surface area contributed by atoms with Gasteiger partial charge < -0.3 is 10.2 Å². The molecule has 1 aliphatic rings. The molecule has 100 valence electrons. The van der Waals surface area contributed by atoms with Gasteiger partial charge in [-0.1, -0.05) is 26.0 Å². The summed E-state index contributed by atoms with van der Waals surface area (Å²) in [6.07, 6.45) is 2.25. The number of hydrogen-bond donors (Lipinski definition) is 1. The van der Waals surface area contributed by atoms with Crippen LogP contribution in [0.2, 0.25) is 0 Å². The van der Waals surface area contributed by atoms with Crippen molar-refractivity contribution in [2.24, 2.45) is 5.41 Å². The first kappa shape index (κ1) is 13.3. The molecule has 1 aliphatic heterocycles. The summed E-state index contributed by atoms with van der Waals surface area (Å²) in [5, 5.41) is 3.11. The van der Waals surface area contributed by atoms with Crippen LogP contribution in [-0.2, 0) is 6.54 Å².